The van der Waals surface area contributed by atoms with Crippen molar-refractivity contribution >= 4 is 43.7 Å². The molecule has 0 fully saturated rings. The lowest BCUT2D eigenvalue weighted by molar-refractivity contribution is -0.116. The molecule has 0 amide bonds. The summed E-state index contributed by atoms with van der Waals surface area (Å²) >= 11 is 3.51. The van der Waals surface area contributed by atoms with E-state index in [9.17, 15) is 4.79 Å². The number of allylic oxidation sites excluding steroid dienone is 1. The van der Waals surface area contributed by atoms with E-state index in [2.05, 4.69) is 76.7 Å². The Morgan fingerprint density at radius 1 is 0.963 bits per heavy atom. The number of ketones is 1. The monoisotopic (exact) mass is 417 g/mol. The van der Waals surface area contributed by atoms with Crippen LogP contribution in [0.15, 0.2) is 70.7 Å². The molecule has 27 heavy (non-hydrogen) atoms. The van der Waals surface area contributed by atoms with Gasteiger partial charge in [0.25, 0.3) is 0 Å². The molecule has 5 rings (SSSR count). The number of rotatable bonds is 1. The first kappa shape index (κ1) is 16.8. The minimum absolute atomic E-state index is 0.0817. The van der Waals surface area contributed by atoms with Crippen molar-refractivity contribution < 1.29 is 4.79 Å². The molecule has 0 spiro atoms. The van der Waals surface area contributed by atoms with Crippen molar-refractivity contribution in [3.05, 3.63) is 81.8 Å². The molecule has 134 valence electrons. The highest BCUT2D eigenvalue weighted by molar-refractivity contribution is 9.10. The first-order valence-electron chi connectivity index (χ1n) is 9.42. The molecule has 0 bridgehead atoms. The maximum Gasteiger partial charge on any atom is 0.161 e. The number of carbonyl (C=O) groups excluding carboxylic acids is 1. The van der Waals surface area contributed by atoms with Gasteiger partial charge in [0.05, 0.1) is 6.04 Å². The van der Waals surface area contributed by atoms with Crippen molar-refractivity contribution in [2.75, 3.05) is 5.32 Å². The average molecular weight is 418 g/mol. The number of anilines is 1. The van der Waals surface area contributed by atoms with Crippen molar-refractivity contribution in [3.8, 4) is 0 Å². The first-order chi connectivity index (χ1) is 13.1. The number of halogens is 1. The Balaban J connectivity index is 1.78. The van der Waals surface area contributed by atoms with Gasteiger partial charge in [0.2, 0.25) is 0 Å². The molecule has 0 aromatic heterocycles. The molecule has 1 heterocycles. The minimum Gasteiger partial charge on any atom is -0.373 e. The molecular formula is C24H20BrNO. The molecule has 3 aromatic rings. The van der Waals surface area contributed by atoms with Gasteiger partial charge in [-0.3, -0.25) is 4.79 Å². The van der Waals surface area contributed by atoms with Crippen molar-refractivity contribution in [1.29, 1.82) is 0 Å². The Morgan fingerprint density at radius 3 is 2.56 bits per heavy atom. The zero-order valence-electron chi connectivity index (χ0n) is 15.1. The summed E-state index contributed by atoms with van der Waals surface area (Å²) in [5, 5.41) is 6.12. The van der Waals surface area contributed by atoms with Crippen LogP contribution in [0.3, 0.4) is 0 Å². The van der Waals surface area contributed by atoms with Gasteiger partial charge in [0.15, 0.2) is 5.78 Å². The SMILES string of the molecule is C[C@H]1CC(=O)C2=C(C1)c1c(ccc3ccccc13)N[C@H]2c1ccc(Br)cc1. The molecule has 1 aliphatic carbocycles. The number of Topliss-reactive ketones (excluding diaryl/α,β-unsaturated/α-hetero) is 1. The van der Waals surface area contributed by atoms with Gasteiger partial charge in [-0.15, -0.1) is 0 Å². The van der Waals surface area contributed by atoms with Crippen LogP contribution in [0.4, 0.5) is 5.69 Å². The number of benzene rings is 3. The predicted octanol–water partition coefficient (Wildman–Crippen LogP) is 6.52. The van der Waals surface area contributed by atoms with Crippen LogP contribution in [0, 0.1) is 5.92 Å². The summed E-state index contributed by atoms with van der Waals surface area (Å²) < 4.78 is 1.05. The van der Waals surface area contributed by atoms with Crippen molar-refractivity contribution in [2.24, 2.45) is 5.92 Å². The van der Waals surface area contributed by atoms with Crippen LogP contribution < -0.4 is 5.32 Å². The van der Waals surface area contributed by atoms with Crippen molar-refractivity contribution in [1.82, 2.24) is 0 Å². The molecule has 0 radical (unpaired) electrons. The van der Waals surface area contributed by atoms with E-state index in [1.165, 1.54) is 21.9 Å². The highest BCUT2D eigenvalue weighted by atomic mass is 79.9. The molecule has 0 saturated carbocycles. The molecule has 0 saturated heterocycles. The predicted molar refractivity (Wildman–Crippen MR) is 115 cm³/mol. The van der Waals surface area contributed by atoms with E-state index in [1.54, 1.807) is 0 Å². The zero-order valence-corrected chi connectivity index (χ0v) is 16.7. The van der Waals surface area contributed by atoms with Crippen molar-refractivity contribution in [3.63, 3.8) is 0 Å². The second kappa shape index (κ2) is 6.35. The fraction of sp³-hybridized carbons (Fsp3) is 0.208. The van der Waals surface area contributed by atoms with Crippen LogP contribution in [0.2, 0.25) is 0 Å². The van der Waals surface area contributed by atoms with Crippen LogP contribution in [0.5, 0.6) is 0 Å². The van der Waals surface area contributed by atoms with E-state index in [4.69, 9.17) is 0 Å². The third-order valence-corrected chi connectivity index (χ3v) is 6.26. The maximum atomic E-state index is 13.1. The van der Waals surface area contributed by atoms with Gasteiger partial charge in [-0.1, -0.05) is 65.3 Å². The highest BCUT2D eigenvalue weighted by Crippen LogP contribution is 2.49. The van der Waals surface area contributed by atoms with E-state index in [-0.39, 0.29) is 11.8 Å². The summed E-state index contributed by atoms with van der Waals surface area (Å²) in [6, 6.07) is 21.0. The van der Waals surface area contributed by atoms with Gasteiger partial charge in [-0.05, 0) is 52.4 Å². The normalized spacial score (nSPS) is 21.6. The Kier molecular flexibility index (Phi) is 3.94. The van der Waals surface area contributed by atoms with E-state index in [1.807, 2.05) is 12.1 Å². The zero-order chi connectivity index (χ0) is 18.5. The van der Waals surface area contributed by atoms with Crippen LogP contribution in [0.25, 0.3) is 16.3 Å². The lowest BCUT2D eigenvalue weighted by Crippen LogP contribution is -2.29. The van der Waals surface area contributed by atoms with E-state index < -0.39 is 0 Å². The van der Waals surface area contributed by atoms with Crippen LogP contribution in [-0.2, 0) is 4.79 Å². The third-order valence-electron chi connectivity index (χ3n) is 5.73. The Morgan fingerprint density at radius 2 is 1.74 bits per heavy atom. The maximum absolute atomic E-state index is 13.1. The Bertz CT molecular complexity index is 1100. The molecule has 3 aromatic carbocycles. The fourth-order valence-corrected chi connectivity index (χ4v) is 4.81. The summed E-state index contributed by atoms with van der Waals surface area (Å²) in [4.78, 5) is 13.1. The summed E-state index contributed by atoms with van der Waals surface area (Å²) in [6.45, 7) is 2.18. The molecular weight excluding hydrogens is 398 g/mol. The molecule has 1 N–H and O–H groups in total. The van der Waals surface area contributed by atoms with Gasteiger partial charge in [-0.25, -0.2) is 0 Å². The molecule has 1 aliphatic heterocycles. The number of hydrogen-bond donors (Lipinski definition) is 1. The first-order valence-corrected chi connectivity index (χ1v) is 10.2. The summed E-state index contributed by atoms with van der Waals surface area (Å²) in [5.74, 6) is 0.662. The smallest absolute Gasteiger partial charge is 0.161 e. The second-order valence-electron chi connectivity index (χ2n) is 7.67. The van der Waals surface area contributed by atoms with E-state index in [0.29, 0.717) is 12.3 Å². The fourth-order valence-electron chi connectivity index (χ4n) is 4.55. The molecule has 2 aliphatic rings. The number of carbonyl (C=O) groups is 1. The standard InChI is InChI=1S/C24H20BrNO/c1-14-12-19-22-18-5-3-2-4-15(18)8-11-20(22)26-24(23(19)21(27)13-14)16-6-9-17(25)10-7-16/h2-11,14,24,26H,12-13H2,1H3/t14-,24+/m1/s1. The number of hydrogen-bond acceptors (Lipinski definition) is 2. The summed E-state index contributed by atoms with van der Waals surface area (Å²) in [6.07, 6.45) is 1.59. The molecule has 2 nitrogen and oxygen atoms in total. The highest BCUT2D eigenvalue weighted by Gasteiger charge is 2.36. The van der Waals surface area contributed by atoms with E-state index >= 15 is 0 Å². The molecule has 3 heteroatoms. The summed E-state index contributed by atoms with van der Waals surface area (Å²) in [7, 11) is 0. The van der Waals surface area contributed by atoms with Crippen LogP contribution in [0.1, 0.15) is 36.9 Å². The minimum atomic E-state index is -0.0817. The number of fused-ring (bicyclic) bond motifs is 4. The topological polar surface area (TPSA) is 29.1 Å². The second-order valence-corrected chi connectivity index (χ2v) is 8.58. The van der Waals surface area contributed by atoms with Gasteiger partial charge in [0.1, 0.15) is 0 Å². The average Bonchev–Trinajstić information content (AvgIpc) is 2.67. The van der Waals surface area contributed by atoms with Gasteiger partial charge in [0, 0.05) is 27.7 Å². The van der Waals surface area contributed by atoms with E-state index in [0.717, 1.165) is 27.7 Å². The Labute approximate surface area is 167 Å². The largest absolute Gasteiger partial charge is 0.373 e. The lowest BCUT2D eigenvalue weighted by atomic mass is 9.74. The van der Waals surface area contributed by atoms with Crippen LogP contribution >= 0.6 is 15.9 Å². The van der Waals surface area contributed by atoms with Crippen molar-refractivity contribution in [2.45, 2.75) is 25.8 Å². The van der Waals surface area contributed by atoms with Gasteiger partial charge >= 0.3 is 0 Å². The number of nitrogens with one attached hydrogen (secondary N) is 1. The van der Waals surface area contributed by atoms with Crippen LogP contribution in [-0.4, -0.2) is 5.78 Å². The molecule has 0 unspecified atom stereocenters. The quantitative estimate of drug-likeness (QED) is 0.487. The van der Waals surface area contributed by atoms with Gasteiger partial charge in [-0.2, -0.15) is 0 Å². The summed E-state index contributed by atoms with van der Waals surface area (Å²) in [5.41, 5.74) is 5.67. The Hall–Kier alpha value is -2.39. The molecule has 2 atom stereocenters. The van der Waals surface area contributed by atoms with Gasteiger partial charge < -0.3 is 5.32 Å². The third kappa shape index (κ3) is 2.72. The lowest BCUT2D eigenvalue weighted by Gasteiger charge is -2.36.